The number of hydrogen-bond acceptors (Lipinski definition) is 4. The predicted molar refractivity (Wildman–Crippen MR) is 118 cm³/mol. The van der Waals surface area contributed by atoms with Crippen molar-refractivity contribution in [2.75, 3.05) is 33.2 Å². The summed E-state index contributed by atoms with van der Waals surface area (Å²) in [7, 11) is 1.75. The summed E-state index contributed by atoms with van der Waals surface area (Å²) in [5, 5.41) is 7.31. The van der Waals surface area contributed by atoms with Gasteiger partial charge in [0.1, 0.15) is 11.6 Å². The number of nitrogens with one attached hydrogen (secondary N) is 1. The predicted octanol–water partition coefficient (Wildman–Crippen LogP) is 3.40. The van der Waals surface area contributed by atoms with Crippen molar-refractivity contribution >= 4 is 45.9 Å². The van der Waals surface area contributed by atoms with E-state index in [1.807, 2.05) is 19.1 Å². The van der Waals surface area contributed by atoms with E-state index >= 15 is 0 Å². The Hall–Kier alpha value is -1.20. The summed E-state index contributed by atoms with van der Waals surface area (Å²) >= 11 is 3.28. The molecule has 0 radical (unpaired) electrons. The molecule has 27 heavy (non-hydrogen) atoms. The second kappa shape index (κ2) is 10.4. The second-order valence-corrected chi connectivity index (χ2v) is 7.24. The van der Waals surface area contributed by atoms with E-state index in [0.29, 0.717) is 12.1 Å². The zero-order valence-electron chi connectivity index (χ0n) is 15.4. The molecule has 2 aromatic rings. The molecule has 1 fully saturated rings. The van der Waals surface area contributed by atoms with Gasteiger partial charge in [-0.15, -0.1) is 24.0 Å². The Morgan fingerprint density at radius 2 is 2.04 bits per heavy atom. The quantitative estimate of drug-likeness (QED) is 0.358. The van der Waals surface area contributed by atoms with Gasteiger partial charge in [0.2, 0.25) is 0 Å². The molecular formula is C18H24BrFIN5O. The van der Waals surface area contributed by atoms with Crippen LogP contribution in [-0.4, -0.2) is 54.1 Å². The minimum atomic E-state index is -0.227. The van der Waals surface area contributed by atoms with Crippen LogP contribution in [0.25, 0.3) is 0 Å². The summed E-state index contributed by atoms with van der Waals surface area (Å²) < 4.78 is 19.8. The van der Waals surface area contributed by atoms with Crippen LogP contribution in [0.4, 0.5) is 4.39 Å². The van der Waals surface area contributed by atoms with Gasteiger partial charge in [-0.3, -0.25) is 9.89 Å². The van der Waals surface area contributed by atoms with Gasteiger partial charge in [-0.2, -0.15) is 0 Å². The van der Waals surface area contributed by atoms with Crippen LogP contribution in [0.2, 0.25) is 0 Å². The summed E-state index contributed by atoms with van der Waals surface area (Å²) in [6.07, 6.45) is 0. The maximum atomic E-state index is 14.0. The lowest BCUT2D eigenvalue weighted by atomic mass is 10.2. The topological polar surface area (TPSA) is 56.9 Å². The third-order valence-corrected chi connectivity index (χ3v) is 4.89. The molecule has 1 aromatic carbocycles. The zero-order chi connectivity index (χ0) is 18.5. The van der Waals surface area contributed by atoms with E-state index in [0.717, 1.165) is 54.6 Å². The Labute approximate surface area is 184 Å². The summed E-state index contributed by atoms with van der Waals surface area (Å²) in [6, 6.07) is 7.06. The monoisotopic (exact) mass is 551 g/mol. The van der Waals surface area contributed by atoms with Crippen LogP contribution >= 0.6 is 39.9 Å². The summed E-state index contributed by atoms with van der Waals surface area (Å²) in [5.74, 6) is 1.41. The first-order chi connectivity index (χ1) is 12.5. The molecule has 1 aromatic heterocycles. The van der Waals surface area contributed by atoms with Crippen molar-refractivity contribution in [2.45, 2.75) is 20.0 Å². The normalized spacial score (nSPS) is 15.6. The fourth-order valence-electron chi connectivity index (χ4n) is 3.01. The molecule has 1 N–H and O–H groups in total. The minimum absolute atomic E-state index is 0. The van der Waals surface area contributed by atoms with Gasteiger partial charge in [0.25, 0.3) is 0 Å². The number of aliphatic imine (C=N–C) groups is 1. The number of hydrogen-bond donors (Lipinski definition) is 1. The van der Waals surface area contributed by atoms with E-state index in [-0.39, 0.29) is 29.8 Å². The van der Waals surface area contributed by atoms with Crippen LogP contribution in [0.15, 0.2) is 38.3 Å². The number of benzene rings is 1. The van der Waals surface area contributed by atoms with E-state index in [2.05, 4.69) is 41.2 Å². The third kappa shape index (κ3) is 6.15. The van der Waals surface area contributed by atoms with Gasteiger partial charge in [0.15, 0.2) is 5.96 Å². The van der Waals surface area contributed by atoms with E-state index in [1.54, 1.807) is 13.1 Å². The zero-order valence-corrected chi connectivity index (χ0v) is 19.3. The van der Waals surface area contributed by atoms with E-state index in [9.17, 15) is 4.39 Å². The van der Waals surface area contributed by atoms with E-state index < -0.39 is 0 Å². The molecule has 0 bridgehead atoms. The SMILES string of the molecule is CN=C(NCc1ccc(Br)cc1F)N1CCN(Cc2cc(C)on2)CC1.I. The first-order valence-corrected chi connectivity index (χ1v) is 9.38. The Morgan fingerprint density at radius 3 is 2.63 bits per heavy atom. The molecule has 9 heteroatoms. The Kier molecular flexibility index (Phi) is 8.49. The molecule has 2 heterocycles. The van der Waals surface area contributed by atoms with Gasteiger partial charge in [-0.05, 0) is 19.1 Å². The van der Waals surface area contributed by atoms with Crippen molar-refractivity contribution in [2.24, 2.45) is 4.99 Å². The summed E-state index contributed by atoms with van der Waals surface area (Å²) in [5.41, 5.74) is 1.58. The smallest absolute Gasteiger partial charge is 0.194 e. The lowest BCUT2D eigenvalue weighted by Gasteiger charge is -2.36. The Bertz CT molecular complexity index is 777. The Balaban J connectivity index is 0.00000261. The highest BCUT2D eigenvalue weighted by atomic mass is 127. The second-order valence-electron chi connectivity index (χ2n) is 6.33. The number of aromatic nitrogens is 1. The average molecular weight is 552 g/mol. The fourth-order valence-corrected chi connectivity index (χ4v) is 3.34. The van der Waals surface area contributed by atoms with Crippen molar-refractivity contribution in [1.82, 2.24) is 20.3 Å². The molecule has 6 nitrogen and oxygen atoms in total. The average Bonchev–Trinajstić information content (AvgIpc) is 3.03. The number of rotatable bonds is 4. The third-order valence-electron chi connectivity index (χ3n) is 4.40. The first-order valence-electron chi connectivity index (χ1n) is 8.59. The first kappa shape index (κ1) is 22.1. The highest BCUT2D eigenvalue weighted by Gasteiger charge is 2.20. The maximum Gasteiger partial charge on any atom is 0.194 e. The van der Waals surface area contributed by atoms with Crippen LogP contribution in [0.3, 0.4) is 0 Å². The van der Waals surface area contributed by atoms with Gasteiger partial charge in [-0.1, -0.05) is 27.2 Å². The van der Waals surface area contributed by atoms with Crippen molar-refractivity contribution < 1.29 is 8.91 Å². The number of piperazine rings is 1. The molecule has 0 saturated carbocycles. The number of guanidine groups is 1. The van der Waals surface area contributed by atoms with Gasteiger partial charge in [0.05, 0.1) is 5.69 Å². The highest BCUT2D eigenvalue weighted by molar-refractivity contribution is 14.0. The molecule has 0 spiro atoms. The highest BCUT2D eigenvalue weighted by Crippen LogP contribution is 2.15. The molecule has 1 aliphatic heterocycles. The molecule has 1 saturated heterocycles. The van der Waals surface area contributed by atoms with E-state index in [4.69, 9.17) is 4.52 Å². The lowest BCUT2D eigenvalue weighted by Crippen LogP contribution is -2.52. The van der Waals surface area contributed by atoms with Crippen LogP contribution in [0, 0.1) is 12.7 Å². The van der Waals surface area contributed by atoms with E-state index in [1.165, 1.54) is 6.07 Å². The lowest BCUT2D eigenvalue weighted by molar-refractivity contribution is 0.169. The van der Waals surface area contributed by atoms with Crippen molar-refractivity contribution in [3.05, 3.63) is 51.6 Å². The van der Waals surface area contributed by atoms with Gasteiger partial charge in [-0.25, -0.2) is 4.39 Å². The molecule has 1 aliphatic rings. The molecular weight excluding hydrogens is 528 g/mol. The van der Waals surface area contributed by atoms with Gasteiger partial charge >= 0.3 is 0 Å². The number of aryl methyl sites for hydroxylation is 1. The van der Waals surface area contributed by atoms with Crippen molar-refractivity contribution in [3.63, 3.8) is 0 Å². The Morgan fingerprint density at radius 1 is 1.30 bits per heavy atom. The van der Waals surface area contributed by atoms with Crippen molar-refractivity contribution in [3.8, 4) is 0 Å². The van der Waals surface area contributed by atoms with Crippen LogP contribution < -0.4 is 5.32 Å². The fraction of sp³-hybridized carbons (Fsp3) is 0.444. The molecule has 0 amide bonds. The largest absolute Gasteiger partial charge is 0.361 e. The molecule has 0 unspecified atom stereocenters. The molecule has 0 atom stereocenters. The maximum absolute atomic E-state index is 14.0. The molecule has 0 aliphatic carbocycles. The number of halogens is 3. The van der Waals surface area contributed by atoms with Crippen LogP contribution in [-0.2, 0) is 13.1 Å². The summed E-state index contributed by atoms with van der Waals surface area (Å²) in [4.78, 5) is 8.88. The van der Waals surface area contributed by atoms with Crippen LogP contribution in [0.1, 0.15) is 17.0 Å². The number of nitrogens with zero attached hydrogens (tertiary/aromatic N) is 4. The van der Waals surface area contributed by atoms with Gasteiger partial charge < -0.3 is 14.7 Å². The molecule has 3 rings (SSSR count). The summed E-state index contributed by atoms with van der Waals surface area (Å²) in [6.45, 7) is 6.65. The van der Waals surface area contributed by atoms with Crippen LogP contribution in [0.5, 0.6) is 0 Å². The standard InChI is InChI=1S/C18H23BrFN5O.HI/c1-13-9-16(23-26-13)12-24-5-7-25(8-6-24)18(21-2)22-11-14-3-4-15(19)10-17(14)20;/h3-4,9-10H,5-8,11-12H2,1-2H3,(H,21,22);1H. The van der Waals surface area contributed by atoms with Gasteiger partial charge in [0, 0.05) is 62.4 Å². The minimum Gasteiger partial charge on any atom is -0.361 e. The van der Waals surface area contributed by atoms with Crippen molar-refractivity contribution in [1.29, 1.82) is 0 Å². The molecule has 148 valence electrons.